The Morgan fingerprint density at radius 2 is 2.19 bits per heavy atom. The van der Waals surface area contributed by atoms with Crippen LogP contribution in [-0.2, 0) is 9.53 Å². The van der Waals surface area contributed by atoms with Crippen LogP contribution in [0.25, 0.3) is 0 Å². The Kier molecular flexibility index (Phi) is 4.74. The lowest BCUT2D eigenvalue weighted by Crippen LogP contribution is -2.24. The minimum absolute atomic E-state index is 0.0171. The van der Waals surface area contributed by atoms with Crippen molar-refractivity contribution in [3.63, 3.8) is 0 Å². The predicted octanol–water partition coefficient (Wildman–Crippen LogP) is 2.21. The molecule has 16 heavy (non-hydrogen) atoms. The fourth-order valence-electron chi connectivity index (χ4n) is 1.81. The lowest BCUT2D eigenvalue weighted by molar-refractivity contribution is -0.143. The van der Waals surface area contributed by atoms with Crippen LogP contribution in [0.15, 0.2) is 23.3 Å². The molecule has 0 aromatic rings. The quantitative estimate of drug-likeness (QED) is 0.745. The third-order valence-corrected chi connectivity index (χ3v) is 3.16. The predicted molar refractivity (Wildman–Crippen MR) is 62.9 cm³/mol. The van der Waals surface area contributed by atoms with Crippen LogP contribution in [0.2, 0.25) is 0 Å². The lowest BCUT2D eigenvalue weighted by atomic mass is 9.86. The highest BCUT2D eigenvalue weighted by Gasteiger charge is 2.22. The molecule has 0 fully saturated rings. The molecule has 1 aliphatic carbocycles. The van der Waals surface area contributed by atoms with Crippen LogP contribution in [0.1, 0.15) is 33.1 Å². The molecule has 3 heteroatoms. The summed E-state index contributed by atoms with van der Waals surface area (Å²) in [5.74, 6) is -0.342. The molecule has 1 aliphatic rings. The monoisotopic (exact) mass is 224 g/mol. The molecule has 0 spiro atoms. The van der Waals surface area contributed by atoms with Gasteiger partial charge in [0.25, 0.3) is 0 Å². The van der Waals surface area contributed by atoms with Crippen LogP contribution >= 0.6 is 0 Å². The van der Waals surface area contributed by atoms with Crippen LogP contribution in [0.4, 0.5) is 0 Å². The minimum Gasteiger partial charge on any atom is -0.469 e. The Bertz CT molecular complexity index is 315. The first-order chi connectivity index (χ1) is 7.54. The number of carbonyl (C=O) groups excluding carboxylic acids is 1. The summed E-state index contributed by atoms with van der Waals surface area (Å²) in [6.07, 6.45) is 5.58. The number of rotatable bonds is 4. The maximum Gasteiger partial charge on any atom is 0.308 e. The van der Waals surface area contributed by atoms with Gasteiger partial charge in [0.1, 0.15) is 0 Å². The number of hydrogen-bond donors (Lipinski definition) is 1. The molecule has 3 nitrogen and oxygen atoms in total. The number of esters is 1. The number of methoxy groups -OCH3 is 1. The standard InChI is InChI=1S/C13H20O3/c1-9-4-6-11(7-5-9)10(2)12(14)8-13(15)16-3/h4,6,10,12,14H,5,7-8H2,1-3H3/t10-,12?/m1/s1. The molecule has 0 aromatic carbocycles. The Balaban J connectivity index is 2.57. The SMILES string of the molecule is COC(=O)CC(O)[C@H](C)C1=CC=C(C)CC1. The molecule has 1 N–H and O–H groups in total. The maximum absolute atomic E-state index is 11.0. The van der Waals surface area contributed by atoms with Gasteiger partial charge in [-0.2, -0.15) is 0 Å². The largest absolute Gasteiger partial charge is 0.469 e. The molecule has 90 valence electrons. The third-order valence-electron chi connectivity index (χ3n) is 3.16. The number of aliphatic hydroxyl groups is 1. The van der Waals surface area contributed by atoms with E-state index in [9.17, 15) is 9.90 Å². The molecular formula is C13H20O3. The molecule has 0 heterocycles. The lowest BCUT2D eigenvalue weighted by Gasteiger charge is -2.23. The normalized spacial score (nSPS) is 19.5. The Hall–Kier alpha value is -1.09. The number of aliphatic hydroxyl groups excluding tert-OH is 1. The number of ether oxygens (including phenoxy) is 1. The molecule has 0 bridgehead atoms. The van der Waals surface area contributed by atoms with Crippen molar-refractivity contribution in [2.24, 2.45) is 5.92 Å². The van der Waals surface area contributed by atoms with Gasteiger partial charge in [-0.1, -0.05) is 30.2 Å². The van der Waals surface area contributed by atoms with Gasteiger partial charge in [0.2, 0.25) is 0 Å². The summed E-state index contributed by atoms with van der Waals surface area (Å²) in [5.41, 5.74) is 2.57. The van der Waals surface area contributed by atoms with Crippen molar-refractivity contribution >= 4 is 5.97 Å². The van der Waals surface area contributed by atoms with Crippen LogP contribution < -0.4 is 0 Å². The summed E-state index contributed by atoms with van der Waals surface area (Å²) in [6.45, 7) is 4.05. The van der Waals surface area contributed by atoms with Gasteiger partial charge >= 0.3 is 5.97 Å². The van der Waals surface area contributed by atoms with Crippen molar-refractivity contribution in [3.05, 3.63) is 23.3 Å². The van der Waals surface area contributed by atoms with Crippen molar-refractivity contribution in [3.8, 4) is 0 Å². The van der Waals surface area contributed by atoms with Gasteiger partial charge in [0.05, 0.1) is 19.6 Å². The molecule has 1 unspecified atom stereocenters. The summed E-state index contributed by atoms with van der Waals surface area (Å²) < 4.78 is 4.55. The van der Waals surface area contributed by atoms with E-state index in [1.165, 1.54) is 18.3 Å². The fraction of sp³-hybridized carbons (Fsp3) is 0.615. The summed E-state index contributed by atoms with van der Waals surface area (Å²) in [4.78, 5) is 11.0. The highest BCUT2D eigenvalue weighted by molar-refractivity contribution is 5.69. The molecule has 0 amide bonds. The maximum atomic E-state index is 11.0. The number of carbonyl (C=O) groups is 1. The summed E-state index contributed by atoms with van der Waals surface area (Å²) >= 11 is 0. The van der Waals surface area contributed by atoms with Gasteiger partial charge in [0.15, 0.2) is 0 Å². The summed E-state index contributed by atoms with van der Waals surface area (Å²) in [5, 5.41) is 9.88. The minimum atomic E-state index is -0.648. The third kappa shape index (κ3) is 3.49. The molecule has 0 aromatic heterocycles. The van der Waals surface area contributed by atoms with Crippen LogP contribution in [-0.4, -0.2) is 24.3 Å². The van der Waals surface area contributed by atoms with E-state index in [0.29, 0.717) is 0 Å². The molecule has 0 radical (unpaired) electrons. The highest BCUT2D eigenvalue weighted by Crippen LogP contribution is 2.27. The van der Waals surface area contributed by atoms with Crippen molar-refractivity contribution < 1.29 is 14.6 Å². The highest BCUT2D eigenvalue weighted by atomic mass is 16.5. The molecule has 1 rings (SSSR count). The first kappa shape index (κ1) is 13.0. The number of allylic oxidation sites excluding steroid dienone is 3. The van der Waals surface area contributed by atoms with Gasteiger partial charge in [-0.25, -0.2) is 0 Å². The Morgan fingerprint density at radius 3 is 2.69 bits per heavy atom. The van der Waals surface area contributed by atoms with E-state index >= 15 is 0 Å². The van der Waals surface area contributed by atoms with E-state index in [2.05, 4.69) is 23.8 Å². The van der Waals surface area contributed by atoms with E-state index in [0.717, 1.165) is 12.8 Å². The van der Waals surface area contributed by atoms with E-state index in [1.54, 1.807) is 0 Å². The van der Waals surface area contributed by atoms with Crippen LogP contribution in [0.3, 0.4) is 0 Å². The smallest absolute Gasteiger partial charge is 0.308 e. The second-order valence-electron chi connectivity index (χ2n) is 4.39. The average molecular weight is 224 g/mol. The van der Waals surface area contributed by atoms with Gasteiger partial charge in [-0.15, -0.1) is 0 Å². The van der Waals surface area contributed by atoms with Crippen molar-refractivity contribution in [2.75, 3.05) is 7.11 Å². The van der Waals surface area contributed by atoms with Crippen molar-refractivity contribution in [1.29, 1.82) is 0 Å². The van der Waals surface area contributed by atoms with E-state index < -0.39 is 6.10 Å². The zero-order valence-electron chi connectivity index (χ0n) is 10.2. The second-order valence-corrected chi connectivity index (χ2v) is 4.39. The summed E-state index contributed by atoms with van der Waals surface area (Å²) in [6, 6.07) is 0. The van der Waals surface area contributed by atoms with E-state index in [4.69, 9.17) is 0 Å². The molecule has 2 atom stereocenters. The molecule has 0 saturated carbocycles. The number of hydrogen-bond acceptors (Lipinski definition) is 3. The zero-order valence-corrected chi connectivity index (χ0v) is 10.2. The first-order valence-electron chi connectivity index (χ1n) is 5.65. The first-order valence-corrected chi connectivity index (χ1v) is 5.65. The average Bonchev–Trinajstić information content (AvgIpc) is 2.28. The topological polar surface area (TPSA) is 46.5 Å². The Morgan fingerprint density at radius 1 is 1.50 bits per heavy atom. The van der Waals surface area contributed by atoms with Crippen molar-refractivity contribution in [2.45, 2.75) is 39.2 Å². The second kappa shape index (κ2) is 5.85. The van der Waals surface area contributed by atoms with E-state index in [-0.39, 0.29) is 18.3 Å². The summed E-state index contributed by atoms with van der Waals surface area (Å²) in [7, 11) is 1.34. The molecule has 0 aliphatic heterocycles. The van der Waals surface area contributed by atoms with Gasteiger partial charge in [-0.05, 0) is 19.8 Å². The van der Waals surface area contributed by atoms with Gasteiger partial charge < -0.3 is 9.84 Å². The van der Waals surface area contributed by atoms with Crippen LogP contribution in [0, 0.1) is 5.92 Å². The van der Waals surface area contributed by atoms with E-state index in [1.807, 2.05) is 6.92 Å². The van der Waals surface area contributed by atoms with Crippen molar-refractivity contribution in [1.82, 2.24) is 0 Å². The Labute approximate surface area is 96.8 Å². The molecule has 0 saturated heterocycles. The van der Waals surface area contributed by atoms with Gasteiger partial charge in [0, 0.05) is 5.92 Å². The fourth-order valence-corrected chi connectivity index (χ4v) is 1.81. The molecular weight excluding hydrogens is 204 g/mol. The van der Waals surface area contributed by atoms with Crippen LogP contribution in [0.5, 0.6) is 0 Å². The zero-order chi connectivity index (χ0) is 12.1. The van der Waals surface area contributed by atoms with Gasteiger partial charge in [-0.3, -0.25) is 4.79 Å².